The number of nitrogens with zero attached hydrogens (tertiary/aromatic N) is 4. The van der Waals surface area contributed by atoms with E-state index in [2.05, 4.69) is 31.7 Å². The molecule has 4 rings (SSSR count). The first kappa shape index (κ1) is 23.2. The number of Topliss-reactive ketones (excluding diaryl/α,β-unsaturated/α-hetero) is 1. The molecular weight excluding hydrogens is 400 g/mol. The van der Waals surface area contributed by atoms with Crippen molar-refractivity contribution < 1.29 is 9.59 Å². The summed E-state index contributed by atoms with van der Waals surface area (Å²) < 4.78 is 0. The predicted molar refractivity (Wildman–Crippen MR) is 129 cm³/mol. The average molecular weight is 441 g/mol. The number of benzene rings is 1. The molecule has 1 saturated carbocycles. The molecule has 6 nitrogen and oxygen atoms in total. The lowest BCUT2D eigenvalue weighted by atomic mass is 9.86. The third-order valence-electron chi connectivity index (χ3n) is 7.42. The maximum Gasteiger partial charge on any atom is 0.236 e. The molecule has 2 aliphatic heterocycles. The number of carbonyl (C=O) groups is 2. The van der Waals surface area contributed by atoms with E-state index >= 15 is 0 Å². The van der Waals surface area contributed by atoms with Gasteiger partial charge >= 0.3 is 0 Å². The van der Waals surface area contributed by atoms with Crippen molar-refractivity contribution in [1.82, 2.24) is 14.7 Å². The fourth-order valence-corrected chi connectivity index (χ4v) is 5.32. The number of anilines is 1. The van der Waals surface area contributed by atoms with E-state index in [1.54, 1.807) is 0 Å². The molecule has 1 amide bonds. The molecule has 1 aromatic rings. The van der Waals surface area contributed by atoms with Gasteiger partial charge in [-0.2, -0.15) is 0 Å². The molecule has 0 bridgehead atoms. The Labute approximate surface area is 193 Å². The van der Waals surface area contributed by atoms with Crippen molar-refractivity contribution in [3.63, 3.8) is 0 Å². The monoisotopic (exact) mass is 440 g/mol. The zero-order chi connectivity index (χ0) is 22.7. The van der Waals surface area contributed by atoms with E-state index in [-0.39, 0.29) is 17.1 Å². The van der Waals surface area contributed by atoms with Gasteiger partial charge in [-0.15, -0.1) is 0 Å². The van der Waals surface area contributed by atoms with Crippen LogP contribution in [0.25, 0.3) is 0 Å². The Kier molecular flexibility index (Phi) is 7.21. The summed E-state index contributed by atoms with van der Waals surface area (Å²) in [7, 11) is 0. The van der Waals surface area contributed by atoms with Gasteiger partial charge in [0.05, 0.1) is 6.54 Å². The maximum atomic E-state index is 12.8. The van der Waals surface area contributed by atoms with Gasteiger partial charge in [0.25, 0.3) is 0 Å². The maximum absolute atomic E-state index is 12.8. The molecule has 0 unspecified atom stereocenters. The molecule has 2 heterocycles. The van der Waals surface area contributed by atoms with E-state index in [4.69, 9.17) is 0 Å². The van der Waals surface area contributed by atoms with Gasteiger partial charge in [-0.05, 0) is 37.1 Å². The van der Waals surface area contributed by atoms with Crippen molar-refractivity contribution in [2.24, 2.45) is 5.41 Å². The second-order valence-electron chi connectivity index (χ2n) is 10.7. The Morgan fingerprint density at radius 1 is 0.844 bits per heavy atom. The van der Waals surface area contributed by atoms with Crippen LogP contribution in [0.4, 0.5) is 5.69 Å². The molecule has 3 fully saturated rings. The second kappa shape index (κ2) is 9.92. The van der Waals surface area contributed by atoms with Gasteiger partial charge in [-0.1, -0.05) is 33.6 Å². The Bertz CT molecular complexity index is 779. The zero-order valence-corrected chi connectivity index (χ0v) is 20.2. The van der Waals surface area contributed by atoms with Crippen LogP contribution in [0, 0.1) is 5.41 Å². The van der Waals surface area contributed by atoms with Gasteiger partial charge in [0, 0.05) is 75.1 Å². The third-order valence-corrected chi connectivity index (χ3v) is 7.42. The van der Waals surface area contributed by atoms with Crippen LogP contribution in [0.1, 0.15) is 56.8 Å². The van der Waals surface area contributed by atoms with Crippen LogP contribution in [-0.2, 0) is 4.79 Å². The smallest absolute Gasteiger partial charge is 0.236 e. The summed E-state index contributed by atoms with van der Waals surface area (Å²) in [4.78, 5) is 34.6. The summed E-state index contributed by atoms with van der Waals surface area (Å²) in [5.41, 5.74) is 1.58. The molecule has 0 N–H and O–H groups in total. The summed E-state index contributed by atoms with van der Waals surface area (Å²) in [6.07, 6.45) is 5.42. The topological polar surface area (TPSA) is 47.1 Å². The van der Waals surface area contributed by atoms with Gasteiger partial charge < -0.3 is 9.80 Å². The quantitative estimate of drug-likeness (QED) is 0.659. The Morgan fingerprint density at radius 3 is 2.00 bits per heavy atom. The molecule has 0 atom stereocenters. The number of amides is 1. The average Bonchev–Trinajstić information content (AvgIpc) is 3.34. The Morgan fingerprint density at radius 2 is 1.44 bits per heavy atom. The van der Waals surface area contributed by atoms with Gasteiger partial charge in [0.1, 0.15) is 0 Å². The molecule has 0 aromatic heterocycles. The molecule has 2 saturated heterocycles. The predicted octanol–water partition coefficient (Wildman–Crippen LogP) is 3.12. The van der Waals surface area contributed by atoms with Crippen LogP contribution in [0.3, 0.4) is 0 Å². The highest BCUT2D eigenvalue weighted by atomic mass is 16.2. The second-order valence-corrected chi connectivity index (χ2v) is 10.7. The summed E-state index contributed by atoms with van der Waals surface area (Å²) in [6.45, 7) is 13.9. The summed E-state index contributed by atoms with van der Waals surface area (Å²) in [5.74, 6) is 0.464. The molecule has 3 aliphatic rings. The molecule has 1 aromatic carbocycles. The highest BCUT2D eigenvalue weighted by Crippen LogP contribution is 2.25. The number of hydrogen-bond donors (Lipinski definition) is 0. The zero-order valence-electron chi connectivity index (χ0n) is 20.2. The molecule has 176 valence electrons. The van der Waals surface area contributed by atoms with Crippen molar-refractivity contribution in [3.8, 4) is 0 Å². The minimum atomic E-state index is -0.358. The van der Waals surface area contributed by atoms with E-state index in [0.717, 1.165) is 69.7 Å². The highest BCUT2D eigenvalue weighted by molar-refractivity contribution is 6.00. The lowest BCUT2D eigenvalue weighted by molar-refractivity contribution is -0.134. The van der Waals surface area contributed by atoms with Crippen LogP contribution >= 0.6 is 0 Å². The third kappa shape index (κ3) is 5.52. The van der Waals surface area contributed by atoms with E-state index in [0.29, 0.717) is 6.54 Å². The molecule has 32 heavy (non-hydrogen) atoms. The summed E-state index contributed by atoms with van der Waals surface area (Å²) >= 11 is 0. The van der Waals surface area contributed by atoms with E-state index in [1.807, 2.05) is 32.9 Å². The van der Waals surface area contributed by atoms with Crippen molar-refractivity contribution in [2.75, 3.05) is 63.8 Å². The van der Waals surface area contributed by atoms with E-state index in [9.17, 15) is 9.59 Å². The lowest BCUT2D eigenvalue weighted by Gasteiger charge is -2.40. The largest absolute Gasteiger partial charge is 0.369 e. The Balaban J connectivity index is 1.21. The summed E-state index contributed by atoms with van der Waals surface area (Å²) in [5, 5.41) is 0. The Hall–Kier alpha value is -1.92. The molecule has 0 radical (unpaired) electrons. The normalized spacial score (nSPS) is 21.8. The lowest BCUT2D eigenvalue weighted by Crippen LogP contribution is -2.55. The fraction of sp³-hybridized carbons (Fsp3) is 0.692. The minimum Gasteiger partial charge on any atom is -0.369 e. The van der Waals surface area contributed by atoms with Gasteiger partial charge in [0.2, 0.25) is 5.91 Å². The first-order valence-corrected chi connectivity index (χ1v) is 12.5. The van der Waals surface area contributed by atoms with Gasteiger partial charge in [-0.25, -0.2) is 0 Å². The van der Waals surface area contributed by atoms with E-state index < -0.39 is 0 Å². The minimum absolute atomic E-state index is 0.177. The van der Waals surface area contributed by atoms with Crippen LogP contribution in [0.2, 0.25) is 0 Å². The molecular formula is C26H40N4O2. The number of rotatable bonds is 5. The van der Waals surface area contributed by atoms with E-state index in [1.165, 1.54) is 25.7 Å². The van der Waals surface area contributed by atoms with Crippen molar-refractivity contribution in [3.05, 3.63) is 29.8 Å². The molecule has 1 aliphatic carbocycles. The van der Waals surface area contributed by atoms with Crippen LogP contribution in [-0.4, -0.2) is 91.3 Å². The highest BCUT2D eigenvalue weighted by Gasteiger charge is 2.29. The van der Waals surface area contributed by atoms with Gasteiger partial charge in [-0.3, -0.25) is 19.4 Å². The number of hydrogen-bond acceptors (Lipinski definition) is 5. The van der Waals surface area contributed by atoms with Crippen molar-refractivity contribution >= 4 is 17.4 Å². The van der Waals surface area contributed by atoms with Gasteiger partial charge in [0.15, 0.2) is 5.78 Å². The van der Waals surface area contributed by atoms with Crippen LogP contribution in [0.15, 0.2) is 24.3 Å². The van der Waals surface area contributed by atoms with Crippen LogP contribution in [0.5, 0.6) is 0 Å². The SMILES string of the molecule is CC(C)(C)C(=O)c1ccc(N2CCN(CC(=O)N3CCN(C4CCCC4)CC3)CC2)cc1. The standard InChI is InChI=1S/C26H40N4O2/c1-26(2,3)25(32)21-8-10-23(11-9-21)28-14-12-27(13-15-28)20-24(31)30-18-16-29(17-19-30)22-6-4-5-7-22/h8-11,22H,4-7,12-20H2,1-3H3. The van der Waals surface area contributed by atoms with Crippen molar-refractivity contribution in [2.45, 2.75) is 52.5 Å². The molecule has 6 heteroatoms. The molecule has 0 spiro atoms. The first-order valence-electron chi connectivity index (χ1n) is 12.5. The first-order chi connectivity index (χ1) is 15.3. The van der Waals surface area contributed by atoms with Crippen molar-refractivity contribution in [1.29, 1.82) is 0 Å². The number of piperazine rings is 2. The van der Waals surface area contributed by atoms with Crippen LogP contribution < -0.4 is 4.90 Å². The summed E-state index contributed by atoms with van der Waals surface area (Å²) in [6, 6.07) is 8.78. The number of ketones is 1. The number of carbonyl (C=O) groups excluding carboxylic acids is 2. The fourth-order valence-electron chi connectivity index (χ4n) is 5.32.